The van der Waals surface area contributed by atoms with Gasteiger partial charge in [-0.2, -0.15) is 49.8 Å². The van der Waals surface area contributed by atoms with Crippen molar-refractivity contribution in [3.8, 4) is 0 Å². The Morgan fingerprint density at radius 1 is 0.292 bits per heavy atom. The highest BCUT2D eigenvalue weighted by atomic mass is 35.5. The molecule has 18 nitrogen and oxygen atoms in total. The molecule has 3 fully saturated rings. The molecule has 3 aliphatic heterocycles. The van der Waals surface area contributed by atoms with E-state index in [1.54, 1.807) is 6.92 Å². The fourth-order valence-corrected chi connectivity index (χ4v) is 6.36. The molecule has 0 aliphatic carbocycles. The highest BCUT2D eigenvalue weighted by Gasteiger charge is 2.28. The summed E-state index contributed by atoms with van der Waals surface area (Å²) >= 11 is 18.9. The molecule has 252 valence electrons. The van der Waals surface area contributed by atoms with Crippen LogP contribution in [0, 0.1) is 20.8 Å². The molecule has 0 spiro atoms. The summed E-state index contributed by atoms with van der Waals surface area (Å²) in [6, 6.07) is 0. The van der Waals surface area contributed by atoms with E-state index in [0.29, 0.717) is 119 Å². The van der Waals surface area contributed by atoms with Crippen LogP contribution < -0.4 is 29.4 Å². The Labute approximate surface area is 291 Å². The van der Waals surface area contributed by atoms with Crippen LogP contribution in [-0.2, 0) is 0 Å². The summed E-state index contributed by atoms with van der Waals surface area (Å²) in [7, 11) is 0. The van der Waals surface area contributed by atoms with Gasteiger partial charge in [0.1, 0.15) is 17.5 Å². The van der Waals surface area contributed by atoms with Crippen molar-refractivity contribution in [1.29, 1.82) is 0 Å². The van der Waals surface area contributed by atoms with E-state index < -0.39 is 0 Å². The molecule has 3 saturated heterocycles. The largest absolute Gasteiger partial charge is 0.337 e. The Hall–Kier alpha value is -4.29. The van der Waals surface area contributed by atoms with Crippen LogP contribution in [0.1, 0.15) is 17.5 Å². The van der Waals surface area contributed by atoms with Crippen molar-refractivity contribution >= 4 is 70.5 Å². The van der Waals surface area contributed by atoms with Gasteiger partial charge < -0.3 is 29.4 Å². The third-order valence-electron chi connectivity index (χ3n) is 8.26. The zero-order chi connectivity index (χ0) is 33.4. The van der Waals surface area contributed by atoms with Gasteiger partial charge in [0.15, 0.2) is 0 Å². The second-order valence-electron chi connectivity index (χ2n) is 11.5. The first-order valence-electron chi connectivity index (χ1n) is 15.6. The molecule has 3 aliphatic rings. The van der Waals surface area contributed by atoms with Crippen LogP contribution in [0.2, 0.25) is 15.9 Å². The molecular formula is C27H33Cl3N18. The molecule has 4 aromatic rings. The minimum atomic E-state index is 0.148. The predicted molar refractivity (Wildman–Crippen MR) is 182 cm³/mol. The maximum Gasteiger partial charge on any atom is 0.231 e. The first kappa shape index (κ1) is 32.3. The fraction of sp³-hybridized carbons (Fsp3) is 0.556. The van der Waals surface area contributed by atoms with Crippen LogP contribution in [-0.4, -0.2) is 138 Å². The number of hydrogen-bond acceptors (Lipinski definition) is 18. The quantitative estimate of drug-likeness (QED) is 0.279. The number of anilines is 6. The predicted octanol–water partition coefficient (Wildman–Crippen LogP) is 1.29. The molecule has 4 aromatic heterocycles. The molecular weight excluding hydrogens is 683 g/mol. The van der Waals surface area contributed by atoms with Gasteiger partial charge in [-0.1, -0.05) is 0 Å². The van der Waals surface area contributed by atoms with Gasteiger partial charge in [0.05, 0.1) is 0 Å². The van der Waals surface area contributed by atoms with Gasteiger partial charge in [-0.3, -0.25) is 0 Å². The Morgan fingerprint density at radius 3 is 0.771 bits per heavy atom. The second kappa shape index (κ2) is 13.7. The van der Waals surface area contributed by atoms with E-state index in [1.807, 2.05) is 13.8 Å². The van der Waals surface area contributed by atoms with E-state index in [2.05, 4.69) is 79.2 Å². The maximum absolute atomic E-state index is 6.41. The number of rotatable bonds is 6. The monoisotopic (exact) mass is 714 g/mol. The SMILES string of the molecule is Cc1nc(C)nc(N2CCN(c3nc(Cl)nc(N4CCN(c5nc(Cl)nc(N6CCN(c7nc(C)nc(Cl)n7)CC6)n5)CC4)n3)CC2)n1. The number of piperazine rings is 3. The molecule has 0 radical (unpaired) electrons. The lowest BCUT2D eigenvalue weighted by molar-refractivity contribution is 0.605. The lowest BCUT2D eigenvalue weighted by Gasteiger charge is -2.37. The number of aromatic nitrogens is 12. The zero-order valence-electron chi connectivity index (χ0n) is 26.7. The molecule has 0 amide bonds. The van der Waals surface area contributed by atoms with Gasteiger partial charge in [0, 0.05) is 78.5 Å². The molecule has 0 bridgehead atoms. The van der Waals surface area contributed by atoms with Gasteiger partial charge in [-0.15, -0.1) is 0 Å². The third kappa shape index (κ3) is 7.24. The third-order valence-corrected chi connectivity index (χ3v) is 8.77. The summed E-state index contributed by atoms with van der Waals surface area (Å²) in [5.41, 5.74) is 0. The van der Waals surface area contributed by atoms with Gasteiger partial charge in [-0.05, 0) is 55.6 Å². The molecule has 0 atom stereocenters. The van der Waals surface area contributed by atoms with Crippen molar-refractivity contribution < 1.29 is 0 Å². The Morgan fingerprint density at radius 2 is 0.500 bits per heavy atom. The van der Waals surface area contributed by atoms with Crippen LogP contribution in [0.15, 0.2) is 0 Å². The molecule has 7 rings (SSSR count). The average molecular weight is 716 g/mol. The fourth-order valence-electron chi connectivity index (χ4n) is 5.86. The molecule has 0 saturated carbocycles. The van der Waals surface area contributed by atoms with Crippen LogP contribution in [0.3, 0.4) is 0 Å². The number of aryl methyl sites for hydroxylation is 3. The lowest BCUT2D eigenvalue weighted by Crippen LogP contribution is -2.49. The zero-order valence-corrected chi connectivity index (χ0v) is 28.9. The molecule has 0 unspecified atom stereocenters. The normalized spacial score (nSPS) is 17.4. The summed E-state index contributed by atoms with van der Waals surface area (Å²) in [5.74, 6) is 5.41. The number of halogens is 3. The van der Waals surface area contributed by atoms with Gasteiger partial charge in [0.25, 0.3) is 0 Å². The summed E-state index contributed by atoms with van der Waals surface area (Å²) in [5, 5.41) is 0.491. The summed E-state index contributed by atoms with van der Waals surface area (Å²) in [6.07, 6.45) is 0. The lowest BCUT2D eigenvalue weighted by atomic mass is 10.3. The van der Waals surface area contributed by atoms with Crippen molar-refractivity contribution in [2.75, 3.05) is 108 Å². The Kier molecular flexibility index (Phi) is 9.19. The van der Waals surface area contributed by atoms with Gasteiger partial charge in [-0.25, -0.2) is 9.97 Å². The standard InChI is InChI=1S/C27H33Cl3N18/c1-16-31-17(2)34-22(33-16)43-4-8-45(9-5-43)24-37-20(29)39-26(41-24)47-12-14-48(15-13-47)27-40-21(30)38-25(42-27)46-10-6-44(7-11-46)23-35-18(3)32-19(28)36-23/h4-15H2,1-3H3. The molecule has 0 N–H and O–H groups in total. The van der Waals surface area contributed by atoms with Crippen LogP contribution >= 0.6 is 34.8 Å². The Balaban J connectivity index is 0.966. The van der Waals surface area contributed by atoms with Gasteiger partial charge >= 0.3 is 0 Å². The van der Waals surface area contributed by atoms with Crippen molar-refractivity contribution in [3.63, 3.8) is 0 Å². The highest BCUT2D eigenvalue weighted by molar-refractivity contribution is 6.29. The highest BCUT2D eigenvalue weighted by Crippen LogP contribution is 2.24. The molecule has 21 heteroatoms. The number of hydrogen-bond donors (Lipinski definition) is 0. The van der Waals surface area contributed by atoms with E-state index in [9.17, 15) is 0 Å². The molecule has 0 aromatic carbocycles. The maximum atomic E-state index is 6.41. The van der Waals surface area contributed by atoms with E-state index in [1.165, 1.54) is 0 Å². The second-order valence-corrected chi connectivity index (χ2v) is 12.5. The van der Waals surface area contributed by atoms with Crippen LogP contribution in [0.25, 0.3) is 0 Å². The van der Waals surface area contributed by atoms with Crippen molar-refractivity contribution in [2.45, 2.75) is 20.8 Å². The average Bonchev–Trinajstić information content (AvgIpc) is 3.07. The van der Waals surface area contributed by atoms with E-state index in [4.69, 9.17) is 44.8 Å². The summed E-state index contributed by atoms with van der Waals surface area (Å²) in [6.45, 7) is 13.6. The first-order chi connectivity index (χ1) is 23.2. The number of nitrogens with zero attached hydrogens (tertiary/aromatic N) is 18. The first-order valence-corrected chi connectivity index (χ1v) is 16.7. The minimum Gasteiger partial charge on any atom is -0.337 e. The van der Waals surface area contributed by atoms with Crippen molar-refractivity contribution in [3.05, 3.63) is 33.3 Å². The van der Waals surface area contributed by atoms with Crippen LogP contribution in [0.5, 0.6) is 0 Å². The topological polar surface area (TPSA) is 174 Å². The molecule has 7 heterocycles. The van der Waals surface area contributed by atoms with E-state index >= 15 is 0 Å². The van der Waals surface area contributed by atoms with Gasteiger partial charge in [0.2, 0.25) is 51.5 Å². The van der Waals surface area contributed by atoms with Crippen molar-refractivity contribution in [1.82, 2.24) is 59.8 Å². The van der Waals surface area contributed by atoms with Crippen LogP contribution in [0.4, 0.5) is 35.7 Å². The van der Waals surface area contributed by atoms with E-state index in [0.717, 1.165) is 13.1 Å². The Bertz CT molecular complexity index is 1600. The van der Waals surface area contributed by atoms with Crippen molar-refractivity contribution in [2.24, 2.45) is 0 Å². The smallest absolute Gasteiger partial charge is 0.231 e. The van der Waals surface area contributed by atoms with E-state index in [-0.39, 0.29) is 15.9 Å². The minimum absolute atomic E-state index is 0.148. The summed E-state index contributed by atoms with van der Waals surface area (Å²) in [4.78, 5) is 66.0. The summed E-state index contributed by atoms with van der Waals surface area (Å²) < 4.78 is 0. The molecule has 48 heavy (non-hydrogen) atoms.